The second-order valence-corrected chi connectivity index (χ2v) is 11.3. The molecule has 98 valence electrons. The van der Waals surface area contributed by atoms with Crippen LogP contribution in [0.3, 0.4) is 0 Å². The van der Waals surface area contributed by atoms with Crippen LogP contribution in [0.15, 0.2) is 24.3 Å². The maximum atomic E-state index is 6.66. The van der Waals surface area contributed by atoms with E-state index < -0.39 is 8.32 Å². The summed E-state index contributed by atoms with van der Waals surface area (Å²) in [6.45, 7) is 17.8. The summed E-state index contributed by atoms with van der Waals surface area (Å²) in [5.41, 5.74) is 1.26. The summed E-state index contributed by atoms with van der Waals surface area (Å²) in [4.78, 5) is 0. The summed E-state index contributed by atoms with van der Waals surface area (Å²) >= 11 is 0. The van der Waals surface area contributed by atoms with Gasteiger partial charge in [-0.1, -0.05) is 46.4 Å². The van der Waals surface area contributed by atoms with Crippen molar-refractivity contribution in [3.63, 3.8) is 0 Å². The van der Waals surface area contributed by atoms with Crippen molar-refractivity contribution in [1.29, 1.82) is 0 Å². The summed E-state index contributed by atoms with van der Waals surface area (Å²) in [5.74, 6) is 0. The lowest BCUT2D eigenvalue weighted by molar-refractivity contribution is 0.137. The predicted octanol–water partition coefficient (Wildman–Crippen LogP) is 5.06. The highest BCUT2D eigenvalue weighted by atomic mass is 28.4. The Kier molecular flexibility index (Phi) is 4.10. The van der Waals surface area contributed by atoms with Crippen LogP contribution < -0.4 is 0 Å². The fourth-order valence-electron chi connectivity index (χ4n) is 2.24. The molecule has 1 nitrogen and oxygen atoms in total. The average Bonchev–Trinajstić information content (AvgIpc) is 2.59. The average molecular weight is 252 g/mol. The van der Waals surface area contributed by atoms with E-state index in [1.807, 2.05) is 6.08 Å². The molecule has 0 spiro atoms. The van der Waals surface area contributed by atoms with Crippen LogP contribution in [0.2, 0.25) is 18.1 Å². The van der Waals surface area contributed by atoms with Gasteiger partial charge in [0.1, 0.15) is 0 Å². The van der Waals surface area contributed by atoms with Crippen molar-refractivity contribution in [2.45, 2.75) is 70.7 Å². The van der Waals surface area contributed by atoms with E-state index in [1.54, 1.807) is 0 Å². The van der Waals surface area contributed by atoms with E-state index in [0.717, 1.165) is 19.3 Å². The molecule has 2 heteroatoms. The van der Waals surface area contributed by atoms with Gasteiger partial charge in [-0.3, -0.25) is 0 Å². The van der Waals surface area contributed by atoms with E-state index in [2.05, 4.69) is 53.4 Å². The second-order valence-electron chi connectivity index (χ2n) is 6.58. The Balaban J connectivity index is 2.99. The van der Waals surface area contributed by atoms with Gasteiger partial charge in [0, 0.05) is 0 Å². The minimum Gasteiger partial charge on any atom is -0.404 e. The van der Waals surface area contributed by atoms with Crippen molar-refractivity contribution in [2.75, 3.05) is 0 Å². The van der Waals surface area contributed by atoms with Crippen LogP contribution in [0.5, 0.6) is 0 Å². The molecule has 1 atom stereocenters. The van der Waals surface area contributed by atoms with Gasteiger partial charge < -0.3 is 4.43 Å². The Morgan fingerprint density at radius 2 is 2.06 bits per heavy atom. The smallest absolute Gasteiger partial charge is 0.193 e. The maximum absolute atomic E-state index is 6.66. The molecule has 17 heavy (non-hydrogen) atoms. The van der Waals surface area contributed by atoms with Crippen LogP contribution in [0.25, 0.3) is 0 Å². The molecule has 0 unspecified atom stereocenters. The minimum atomic E-state index is -1.73. The van der Waals surface area contributed by atoms with Crippen LogP contribution in [0.1, 0.15) is 47.0 Å². The van der Waals surface area contributed by atoms with Gasteiger partial charge in [-0.25, -0.2) is 0 Å². The van der Waals surface area contributed by atoms with Crippen molar-refractivity contribution < 1.29 is 4.43 Å². The Hall–Kier alpha value is -0.343. The zero-order valence-corrected chi connectivity index (χ0v) is 13.4. The topological polar surface area (TPSA) is 9.23 Å². The molecule has 0 N–H and O–H groups in total. The molecule has 0 bridgehead atoms. The van der Waals surface area contributed by atoms with E-state index in [4.69, 9.17) is 4.43 Å². The van der Waals surface area contributed by atoms with E-state index >= 15 is 0 Å². The van der Waals surface area contributed by atoms with E-state index in [0.29, 0.717) is 0 Å². The highest BCUT2D eigenvalue weighted by Gasteiger charge is 2.45. The van der Waals surface area contributed by atoms with Crippen LogP contribution in [-0.2, 0) is 4.43 Å². The van der Waals surface area contributed by atoms with Crippen molar-refractivity contribution in [3.8, 4) is 0 Å². The molecule has 0 saturated carbocycles. The molecule has 1 aliphatic rings. The largest absolute Gasteiger partial charge is 0.404 e. The van der Waals surface area contributed by atoms with Gasteiger partial charge in [0.2, 0.25) is 0 Å². The van der Waals surface area contributed by atoms with E-state index in [9.17, 15) is 0 Å². The van der Waals surface area contributed by atoms with E-state index in [1.165, 1.54) is 5.57 Å². The number of hydrogen-bond acceptors (Lipinski definition) is 1. The molecule has 0 aliphatic heterocycles. The quantitative estimate of drug-likeness (QED) is 0.502. The fraction of sp³-hybridized carbons (Fsp3) is 0.733. The monoisotopic (exact) mass is 252 g/mol. The maximum Gasteiger partial charge on any atom is 0.193 e. The molecule has 0 aromatic carbocycles. The van der Waals surface area contributed by atoms with Gasteiger partial charge in [-0.2, -0.15) is 0 Å². The molecule has 1 rings (SSSR count). The van der Waals surface area contributed by atoms with Gasteiger partial charge in [0.05, 0.1) is 5.60 Å². The molecular weight excluding hydrogens is 224 g/mol. The SMILES string of the molecule is C=C[C@]1(O[Si](C)(C)C(C)(C)C)CCC=C1CC. The molecule has 0 amide bonds. The molecule has 1 aliphatic carbocycles. The zero-order valence-electron chi connectivity index (χ0n) is 12.4. The molecule has 0 radical (unpaired) electrons. The second kappa shape index (κ2) is 4.73. The van der Waals surface area contributed by atoms with Gasteiger partial charge in [-0.05, 0) is 43.0 Å². The number of allylic oxidation sites excluding steroid dienone is 1. The van der Waals surface area contributed by atoms with Gasteiger partial charge >= 0.3 is 0 Å². The minimum absolute atomic E-state index is 0.169. The summed E-state index contributed by atoms with van der Waals surface area (Å²) in [6, 6.07) is 0. The predicted molar refractivity (Wildman–Crippen MR) is 78.8 cm³/mol. The Morgan fingerprint density at radius 1 is 1.47 bits per heavy atom. The van der Waals surface area contributed by atoms with Crippen LogP contribution in [-0.4, -0.2) is 13.9 Å². The first-order valence-electron chi connectivity index (χ1n) is 6.72. The highest BCUT2D eigenvalue weighted by Crippen LogP contribution is 2.45. The van der Waals surface area contributed by atoms with Gasteiger partial charge in [0.25, 0.3) is 0 Å². The Bertz CT molecular complexity index is 322. The highest BCUT2D eigenvalue weighted by molar-refractivity contribution is 6.74. The fourth-order valence-corrected chi connectivity index (χ4v) is 3.77. The Labute approximate surface area is 108 Å². The molecular formula is C15H28OSi. The Morgan fingerprint density at radius 3 is 2.47 bits per heavy atom. The first kappa shape index (κ1) is 14.7. The normalized spacial score (nSPS) is 25.9. The third-order valence-electron chi connectivity index (χ3n) is 4.40. The van der Waals surface area contributed by atoms with Gasteiger partial charge in [0.15, 0.2) is 8.32 Å². The molecule has 0 saturated heterocycles. The molecule has 0 aromatic rings. The third kappa shape index (κ3) is 2.74. The first-order valence-corrected chi connectivity index (χ1v) is 9.62. The van der Waals surface area contributed by atoms with E-state index in [-0.39, 0.29) is 10.6 Å². The summed E-state index contributed by atoms with van der Waals surface area (Å²) in [6.07, 6.45) is 7.65. The number of rotatable bonds is 4. The molecule has 0 fully saturated rings. The van der Waals surface area contributed by atoms with Crippen LogP contribution in [0, 0.1) is 0 Å². The molecule has 0 aromatic heterocycles. The van der Waals surface area contributed by atoms with Crippen molar-refractivity contribution in [3.05, 3.63) is 24.3 Å². The van der Waals surface area contributed by atoms with Crippen LogP contribution >= 0.6 is 0 Å². The van der Waals surface area contributed by atoms with Crippen LogP contribution in [0.4, 0.5) is 0 Å². The first-order chi connectivity index (χ1) is 7.68. The van der Waals surface area contributed by atoms with Crippen molar-refractivity contribution in [2.24, 2.45) is 0 Å². The summed E-state index contributed by atoms with van der Waals surface area (Å²) in [7, 11) is -1.73. The third-order valence-corrected chi connectivity index (χ3v) is 8.89. The standard InChI is InChI=1S/C15H28OSi/c1-8-13-11-10-12-15(13,9-2)16-17(6,7)14(3,4)5/h9,11H,2,8,10,12H2,1,3-7H3/t15-/m0/s1. The lowest BCUT2D eigenvalue weighted by Crippen LogP contribution is -2.49. The summed E-state index contributed by atoms with van der Waals surface area (Å²) < 4.78 is 6.66. The zero-order chi connectivity index (χ0) is 13.3. The lowest BCUT2D eigenvalue weighted by Gasteiger charge is -2.44. The van der Waals surface area contributed by atoms with Crippen molar-refractivity contribution >= 4 is 8.32 Å². The lowest BCUT2D eigenvalue weighted by atomic mass is 9.94. The van der Waals surface area contributed by atoms with Crippen molar-refractivity contribution in [1.82, 2.24) is 0 Å². The number of hydrogen-bond donors (Lipinski definition) is 0. The summed E-state index contributed by atoms with van der Waals surface area (Å²) in [5, 5.41) is 0.254. The molecule has 0 heterocycles. The van der Waals surface area contributed by atoms with Gasteiger partial charge in [-0.15, -0.1) is 0 Å².